The molecule has 116 valence electrons. The van der Waals surface area contributed by atoms with Gasteiger partial charge < -0.3 is 14.4 Å². The molecule has 0 aromatic carbocycles. The Kier molecular flexibility index (Phi) is 3.52. The fraction of sp³-hybridized carbons (Fsp3) is 0.786. The molecule has 1 saturated heterocycles. The summed E-state index contributed by atoms with van der Waals surface area (Å²) in [7, 11) is 1.89. The molecule has 1 aliphatic heterocycles. The smallest absolute Gasteiger partial charge is 0.344 e. The van der Waals surface area contributed by atoms with Gasteiger partial charge in [0.05, 0.1) is 5.25 Å². The highest BCUT2D eigenvalue weighted by Gasteiger charge is 2.50. The van der Waals surface area contributed by atoms with Gasteiger partial charge in [0.25, 0.3) is 0 Å². The SMILES string of the molecule is CN1/C(=N/c2nnc(C(C)(C)C)o2)SC2CCCCC21O. The maximum atomic E-state index is 10.8. The zero-order valence-corrected chi connectivity index (χ0v) is 13.8. The van der Waals surface area contributed by atoms with E-state index in [-0.39, 0.29) is 16.7 Å². The first-order valence-electron chi connectivity index (χ1n) is 7.36. The summed E-state index contributed by atoms with van der Waals surface area (Å²) in [5.41, 5.74) is -0.971. The van der Waals surface area contributed by atoms with Crippen LogP contribution in [0.15, 0.2) is 9.41 Å². The van der Waals surface area contributed by atoms with Gasteiger partial charge >= 0.3 is 6.01 Å². The van der Waals surface area contributed by atoms with Gasteiger partial charge in [-0.25, -0.2) is 0 Å². The third-order valence-electron chi connectivity index (χ3n) is 4.14. The van der Waals surface area contributed by atoms with Crippen LogP contribution in [0.4, 0.5) is 6.01 Å². The molecule has 6 nitrogen and oxygen atoms in total. The van der Waals surface area contributed by atoms with E-state index in [0.717, 1.165) is 30.9 Å². The molecule has 1 aromatic rings. The fourth-order valence-electron chi connectivity index (χ4n) is 2.76. The molecular formula is C14H22N4O2S. The molecule has 0 bridgehead atoms. The number of aliphatic hydroxyl groups is 1. The van der Waals surface area contributed by atoms with Gasteiger partial charge in [-0.05, 0) is 19.3 Å². The maximum Gasteiger partial charge on any atom is 0.344 e. The Morgan fingerprint density at radius 1 is 1.38 bits per heavy atom. The van der Waals surface area contributed by atoms with Crippen molar-refractivity contribution in [1.29, 1.82) is 0 Å². The van der Waals surface area contributed by atoms with Crippen LogP contribution in [0.5, 0.6) is 0 Å². The van der Waals surface area contributed by atoms with E-state index in [2.05, 4.69) is 15.2 Å². The van der Waals surface area contributed by atoms with E-state index in [4.69, 9.17) is 4.42 Å². The van der Waals surface area contributed by atoms with Crippen LogP contribution in [0.2, 0.25) is 0 Å². The second-order valence-corrected chi connectivity index (χ2v) is 7.99. The van der Waals surface area contributed by atoms with E-state index in [1.165, 1.54) is 0 Å². The van der Waals surface area contributed by atoms with Crippen molar-refractivity contribution in [3.63, 3.8) is 0 Å². The number of hydrogen-bond acceptors (Lipinski definition) is 6. The fourth-order valence-corrected chi connectivity index (χ4v) is 4.21. The van der Waals surface area contributed by atoms with Crippen molar-refractivity contribution in [2.24, 2.45) is 4.99 Å². The van der Waals surface area contributed by atoms with Crippen LogP contribution in [-0.4, -0.2) is 43.4 Å². The van der Waals surface area contributed by atoms with Gasteiger partial charge in [-0.1, -0.05) is 44.1 Å². The largest absolute Gasteiger partial charge is 0.406 e. The van der Waals surface area contributed by atoms with Gasteiger partial charge in [0.2, 0.25) is 5.89 Å². The second kappa shape index (κ2) is 4.98. The summed E-state index contributed by atoms with van der Waals surface area (Å²) in [4.78, 5) is 6.31. The molecule has 2 unspecified atom stereocenters. The number of rotatable bonds is 1. The van der Waals surface area contributed by atoms with Crippen LogP contribution in [0.25, 0.3) is 0 Å². The van der Waals surface area contributed by atoms with Gasteiger partial charge in [0.1, 0.15) is 0 Å². The lowest BCUT2D eigenvalue weighted by Crippen LogP contribution is -2.50. The van der Waals surface area contributed by atoms with Crippen LogP contribution < -0.4 is 0 Å². The predicted molar refractivity (Wildman–Crippen MR) is 82.7 cm³/mol. The van der Waals surface area contributed by atoms with Crippen LogP contribution >= 0.6 is 11.8 Å². The lowest BCUT2D eigenvalue weighted by Gasteiger charge is -2.38. The van der Waals surface area contributed by atoms with Crippen LogP contribution in [0.1, 0.15) is 52.3 Å². The first-order chi connectivity index (χ1) is 9.80. The minimum Gasteiger partial charge on any atom is -0.406 e. The lowest BCUT2D eigenvalue weighted by molar-refractivity contribution is -0.0724. The number of thioether (sulfide) groups is 1. The van der Waals surface area contributed by atoms with Crippen molar-refractivity contribution in [1.82, 2.24) is 15.1 Å². The van der Waals surface area contributed by atoms with E-state index < -0.39 is 5.72 Å². The van der Waals surface area contributed by atoms with Gasteiger partial charge in [0.15, 0.2) is 10.9 Å². The van der Waals surface area contributed by atoms with Crippen molar-refractivity contribution < 1.29 is 9.52 Å². The predicted octanol–water partition coefficient (Wildman–Crippen LogP) is 2.66. The quantitative estimate of drug-likeness (QED) is 0.859. The molecule has 1 aliphatic carbocycles. The Bertz CT molecular complexity index is 566. The molecule has 1 N–H and O–H groups in total. The van der Waals surface area contributed by atoms with Crippen LogP contribution in [0, 0.1) is 0 Å². The minimum atomic E-state index is -0.783. The highest BCUT2D eigenvalue weighted by molar-refractivity contribution is 8.14. The number of amidine groups is 1. The zero-order chi connectivity index (χ0) is 15.3. The summed E-state index contributed by atoms with van der Waals surface area (Å²) in [5.74, 6) is 0.573. The average Bonchev–Trinajstić information content (AvgIpc) is 2.96. The Balaban J connectivity index is 1.85. The zero-order valence-electron chi connectivity index (χ0n) is 13.0. The molecule has 2 atom stereocenters. The highest BCUT2D eigenvalue weighted by Crippen LogP contribution is 2.46. The maximum absolute atomic E-state index is 10.8. The third-order valence-corrected chi connectivity index (χ3v) is 5.61. The van der Waals surface area contributed by atoms with Crippen molar-refractivity contribution in [3.05, 3.63) is 5.89 Å². The molecule has 0 spiro atoms. The Hall–Kier alpha value is -1.08. The average molecular weight is 310 g/mol. The molecule has 21 heavy (non-hydrogen) atoms. The molecule has 7 heteroatoms. The summed E-state index contributed by atoms with van der Waals surface area (Å²) < 4.78 is 5.61. The van der Waals surface area contributed by atoms with Crippen molar-refractivity contribution >= 4 is 22.9 Å². The molecule has 0 radical (unpaired) electrons. The second-order valence-electron chi connectivity index (χ2n) is 6.82. The molecule has 2 heterocycles. The first-order valence-corrected chi connectivity index (χ1v) is 8.24. The number of fused-ring (bicyclic) bond motifs is 1. The summed E-state index contributed by atoms with van der Waals surface area (Å²) >= 11 is 1.61. The number of aromatic nitrogens is 2. The highest BCUT2D eigenvalue weighted by atomic mass is 32.2. The molecule has 2 aliphatic rings. The van der Waals surface area contributed by atoms with Gasteiger partial charge in [-0.2, -0.15) is 4.99 Å². The summed E-state index contributed by atoms with van der Waals surface area (Å²) in [5, 5.41) is 19.8. The van der Waals surface area contributed by atoms with E-state index in [0.29, 0.717) is 5.89 Å². The van der Waals surface area contributed by atoms with E-state index in [1.807, 2.05) is 32.7 Å². The van der Waals surface area contributed by atoms with E-state index >= 15 is 0 Å². The van der Waals surface area contributed by atoms with Crippen LogP contribution in [0.3, 0.4) is 0 Å². The summed E-state index contributed by atoms with van der Waals surface area (Å²) in [6.07, 6.45) is 4.02. The number of aliphatic imine (C=N–C) groups is 1. The van der Waals surface area contributed by atoms with Crippen LogP contribution in [-0.2, 0) is 5.41 Å². The topological polar surface area (TPSA) is 74.8 Å². The standard InChI is InChI=1S/C14H22N4O2S/c1-13(2,3)10-16-17-11(20-10)15-12-18(4)14(19)8-6-5-7-9(14)21-12/h9,19H,5-8H2,1-4H3/b15-12-. The number of nitrogens with zero attached hydrogens (tertiary/aromatic N) is 4. The Morgan fingerprint density at radius 2 is 2.14 bits per heavy atom. The molecule has 1 saturated carbocycles. The Morgan fingerprint density at radius 3 is 2.76 bits per heavy atom. The monoisotopic (exact) mass is 310 g/mol. The third kappa shape index (κ3) is 2.57. The van der Waals surface area contributed by atoms with Gasteiger partial charge in [-0.15, -0.1) is 5.10 Å². The van der Waals surface area contributed by atoms with Gasteiger partial charge in [0, 0.05) is 12.5 Å². The summed E-state index contributed by atoms with van der Waals surface area (Å²) in [6.45, 7) is 6.06. The molecular weight excluding hydrogens is 288 g/mol. The summed E-state index contributed by atoms with van der Waals surface area (Å²) in [6, 6.07) is 0.261. The first kappa shape index (κ1) is 14.8. The molecule has 1 aromatic heterocycles. The minimum absolute atomic E-state index is 0.181. The molecule has 3 rings (SSSR count). The number of hydrogen-bond donors (Lipinski definition) is 1. The van der Waals surface area contributed by atoms with E-state index in [9.17, 15) is 5.11 Å². The Labute approximate surface area is 129 Å². The normalized spacial score (nSPS) is 31.8. The van der Waals surface area contributed by atoms with Gasteiger partial charge in [-0.3, -0.25) is 0 Å². The van der Waals surface area contributed by atoms with Crippen molar-refractivity contribution in [2.45, 2.75) is 62.8 Å². The lowest BCUT2D eigenvalue weighted by atomic mass is 9.90. The van der Waals surface area contributed by atoms with Crippen molar-refractivity contribution in [3.8, 4) is 0 Å². The van der Waals surface area contributed by atoms with Crippen molar-refractivity contribution in [2.75, 3.05) is 7.05 Å². The molecule has 0 amide bonds. The van der Waals surface area contributed by atoms with E-state index in [1.54, 1.807) is 11.8 Å². The molecule has 2 fully saturated rings.